The van der Waals surface area contributed by atoms with Gasteiger partial charge in [0, 0.05) is 12.0 Å². The van der Waals surface area contributed by atoms with Crippen LogP contribution in [0.2, 0.25) is 0 Å². The second-order valence-electron chi connectivity index (χ2n) is 4.98. The lowest BCUT2D eigenvalue weighted by atomic mass is 10.0. The predicted molar refractivity (Wildman–Crippen MR) is 66.3 cm³/mol. The van der Waals surface area contributed by atoms with Crippen molar-refractivity contribution < 1.29 is 8.91 Å². The van der Waals surface area contributed by atoms with E-state index in [-0.39, 0.29) is 17.2 Å². The summed E-state index contributed by atoms with van der Waals surface area (Å²) in [6.45, 7) is 3.86. The summed E-state index contributed by atoms with van der Waals surface area (Å²) in [7, 11) is 0. The Labute approximate surface area is 105 Å². The average Bonchev–Trinajstić information content (AvgIpc) is 2.75. The van der Waals surface area contributed by atoms with Gasteiger partial charge in [0.05, 0.1) is 5.56 Å². The Morgan fingerprint density at radius 2 is 2.06 bits per heavy atom. The SMILES string of the molecule is CC(C)(N)CCc1nc(-c2ccccc2F)no1. The molecule has 0 bridgehead atoms. The highest BCUT2D eigenvalue weighted by Gasteiger charge is 2.15. The van der Waals surface area contributed by atoms with Crippen LogP contribution in [0.25, 0.3) is 11.4 Å². The van der Waals surface area contributed by atoms with Crippen LogP contribution in [0.4, 0.5) is 4.39 Å². The third-order valence-electron chi connectivity index (χ3n) is 2.57. The summed E-state index contributed by atoms with van der Waals surface area (Å²) >= 11 is 0. The Morgan fingerprint density at radius 1 is 1.33 bits per heavy atom. The van der Waals surface area contributed by atoms with Crippen LogP contribution in [-0.4, -0.2) is 15.7 Å². The summed E-state index contributed by atoms with van der Waals surface area (Å²) < 4.78 is 18.6. The maximum atomic E-state index is 13.5. The van der Waals surface area contributed by atoms with E-state index in [1.54, 1.807) is 18.2 Å². The largest absolute Gasteiger partial charge is 0.339 e. The minimum atomic E-state index is -0.357. The number of hydrogen-bond acceptors (Lipinski definition) is 4. The molecule has 4 nitrogen and oxygen atoms in total. The molecule has 0 spiro atoms. The van der Waals surface area contributed by atoms with Gasteiger partial charge in [-0.2, -0.15) is 4.98 Å². The maximum absolute atomic E-state index is 13.5. The first kappa shape index (κ1) is 12.7. The number of nitrogens with two attached hydrogens (primary N) is 1. The van der Waals surface area contributed by atoms with E-state index in [9.17, 15) is 4.39 Å². The molecule has 1 heterocycles. The van der Waals surface area contributed by atoms with Gasteiger partial charge in [0.2, 0.25) is 11.7 Å². The topological polar surface area (TPSA) is 64.9 Å². The van der Waals surface area contributed by atoms with E-state index < -0.39 is 0 Å². The van der Waals surface area contributed by atoms with Crippen molar-refractivity contribution in [2.24, 2.45) is 5.73 Å². The van der Waals surface area contributed by atoms with Crippen molar-refractivity contribution in [3.63, 3.8) is 0 Å². The molecule has 2 N–H and O–H groups in total. The van der Waals surface area contributed by atoms with Crippen LogP contribution >= 0.6 is 0 Å². The quantitative estimate of drug-likeness (QED) is 0.904. The number of halogens is 1. The van der Waals surface area contributed by atoms with Gasteiger partial charge in [-0.25, -0.2) is 4.39 Å². The van der Waals surface area contributed by atoms with Gasteiger partial charge in [0.15, 0.2) is 0 Å². The van der Waals surface area contributed by atoms with Crippen LogP contribution in [0.3, 0.4) is 0 Å². The molecule has 0 saturated heterocycles. The van der Waals surface area contributed by atoms with E-state index >= 15 is 0 Å². The van der Waals surface area contributed by atoms with E-state index in [0.29, 0.717) is 17.9 Å². The standard InChI is InChI=1S/C13H16FN3O/c1-13(2,15)8-7-11-16-12(17-18-11)9-5-3-4-6-10(9)14/h3-6H,7-8,15H2,1-2H3. The zero-order valence-corrected chi connectivity index (χ0v) is 10.5. The Hall–Kier alpha value is -1.75. The highest BCUT2D eigenvalue weighted by atomic mass is 19.1. The van der Waals surface area contributed by atoms with Crippen LogP contribution in [0, 0.1) is 5.82 Å². The zero-order valence-electron chi connectivity index (χ0n) is 10.5. The van der Waals surface area contributed by atoms with Gasteiger partial charge in [-0.1, -0.05) is 17.3 Å². The number of rotatable bonds is 4. The number of benzene rings is 1. The minimum absolute atomic E-state index is 0.276. The van der Waals surface area contributed by atoms with Crippen molar-refractivity contribution in [2.45, 2.75) is 32.2 Å². The summed E-state index contributed by atoms with van der Waals surface area (Å²) in [5, 5.41) is 3.78. The molecule has 0 amide bonds. The summed E-state index contributed by atoms with van der Waals surface area (Å²) in [5.41, 5.74) is 5.94. The van der Waals surface area contributed by atoms with E-state index in [0.717, 1.165) is 6.42 Å². The fraction of sp³-hybridized carbons (Fsp3) is 0.385. The van der Waals surface area contributed by atoms with Crippen molar-refractivity contribution in [3.8, 4) is 11.4 Å². The molecule has 0 aliphatic heterocycles. The van der Waals surface area contributed by atoms with Crippen molar-refractivity contribution in [3.05, 3.63) is 36.0 Å². The van der Waals surface area contributed by atoms with Crippen LogP contribution in [-0.2, 0) is 6.42 Å². The fourth-order valence-corrected chi connectivity index (χ4v) is 1.54. The lowest BCUT2D eigenvalue weighted by molar-refractivity contribution is 0.358. The molecule has 0 fully saturated rings. The molecule has 0 aliphatic carbocycles. The molecule has 96 valence electrons. The monoisotopic (exact) mass is 249 g/mol. The fourth-order valence-electron chi connectivity index (χ4n) is 1.54. The average molecular weight is 249 g/mol. The smallest absolute Gasteiger partial charge is 0.227 e. The van der Waals surface area contributed by atoms with E-state index in [4.69, 9.17) is 10.3 Å². The van der Waals surface area contributed by atoms with Gasteiger partial charge in [0.1, 0.15) is 5.82 Å². The number of hydrogen-bond donors (Lipinski definition) is 1. The summed E-state index contributed by atoms with van der Waals surface area (Å²) in [4.78, 5) is 4.17. The van der Waals surface area contributed by atoms with Gasteiger partial charge in [-0.15, -0.1) is 0 Å². The molecule has 1 aromatic heterocycles. The number of aromatic nitrogens is 2. The van der Waals surface area contributed by atoms with Gasteiger partial charge in [0.25, 0.3) is 0 Å². The summed E-state index contributed by atoms with van der Waals surface area (Å²) in [5.74, 6) is 0.397. The lowest BCUT2D eigenvalue weighted by Crippen LogP contribution is -2.32. The Bertz CT molecular complexity index is 531. The van der Waals surface area contributed by atoms with Crippen molar-refractivity contribution in [1.82, 2.24) is 10.1 Å². The Morgan fingerprint density at radius 3 is 2.72 bits per heavy atom. The van der Waals surface area contributed by atoms with Gasteiger partial charge in [-0.3, -0.25) is 0 Å². The van der Waals surface area contributed by atoms with Gasteiger partial charge < -0.3 is 10.3 Å². The summed E-state index contributed by atoms with van der Waals surface area (Å²) in [6.07, 6.45) is 1.32. The van der Waals surface area contributed by atoms with Crippen molar-refractivity contribution in [2.75, 3.05) is 0 Å². The molecule has 2 rings (SSSR count). The molecule has 18 heavy (non-hydrogen) atoms. The number of aryl methyl sites for hydroxylation is 1. The molecule has 5 heteroatoms. The molecule has 0 aliphatic rings. The van der Waals surface area contributed by atoms with Crippen LogP contribution in [0.1, 0.15) is 26.2 Å². The third kappa shape index (κ3) is 3.13. The first-order chi connectivity index (χ1) is 8.46. The summed E-state index contributed by atoms with van der Waals surface area (Å²) in [6, 6.07) is 6.35. The second-order valence-corrected chi connectivity index (χ2v) is 4.98. The molecule has 0 saturated carbocycles. The Balaban J connectivity index is 2.14. The van der Waals surface area contributed by atoms with Crippen molar-refractivity contribution in [1.29, 1.82) is 0 Å². The van der Waals surface area contributed by atoms with Gasteiger partial charge >= 0.3 is 0 Å². The normalized spacial score (nSPS) is 11.8. The Kier molecular flexibility index (Phi) is 3.43. The molecule has 1 aromatic carbocycles. The molecule has 0 atom stereocenters. The second kappa shape index (κ2) is 4.86. The molecular weight excluding hydrogens is 233 g/mol. The highest BCUT2D eigenvalue weighted by molar-refractivity contribution is 5.54. The first-order valence-electron chi connectivity index (χ1n) is 5.82. The predicted octanol–water partition coefficient (Wildman–Crippen LogP) is 2.55. The van der Waals surface area contributed by atoms with E-state index in [1.165, 1.54) is 6.07 Å². The zero-order chi connectivity index (χ0) is 13.2. The molecular formula is C13H16FN3O. The maximum Gasteiger partial charge on any atom is 0.227 e. The lowest BCUT2D eigenvalue weighted by Gasteiger charge is -2.16. The van der Waals surface area contributed by atoms with Crippen LogP contribution in [0.15, 0.2) is 28.8 Å². The van der Waals surface area contributed by atoms with Gasteiger partial charge in [-0.05, 0) is 32.4 Å². The van der Waals surface area contributed by atoms with E-state index in [1.807, 2.05) is 13.8 Å². The first-order valence-corrected chi connectivity index (χ1v) is 5.82. The highest BCUT2D eigenvalue weighted by Crippen LogP contribution is 2.20. The van der Waals surface area contributed by atoms with Crippen LogP contribution < -0.4 is 5.73 Å². The third-order valence-corrected chi connectivity index (χ3v) is 2.57. The van der Waals surface area contributed by atoms with E-state index in [2.05, 4.69) is 10.1 Å². The molecule has 2 aromatic rings. The molecule has 0 unspecified atom stereocenters. The number of nitrogens with zero attached hydrogens (tertiary/aromatic N) is 2. The molecule has 0 radical (unpaired) electrons. The van der Waals surface area contributed by atoms with Crippen molar-refractivity contribution >= 4 is 0 Å². The van der Waals surface area contributed by atoms with Crippen LogP contribution in [0.5, 0.6) is 0 Å². The minimum Gasteiger partial charge on any atom is -0.339 e.